The van der Waals surface area contributed by atoms with Crippen molar-refractivity contribution in [1.82, 2.24) is 39.5 Å². The highest BCUT2D eigenvalue weighted by atomic mass is 79.9. The first kappa shape index (κ1) is 32.9. The maximum absolute atomic E-state index is 13.8. The first-order valence-electron chi connectivity index (χ1n) is 16.7. The van der Waals surface area contributed by atoms with E-state index in [1.807, 2.05) is 32.0 Å². The summed E-state index contributed by atoms with van der Waals surface area (Å²) >= 11 is 3.43. The SMILES string of the molecule is Cc1cc(NC2CCC(F)(F)CC2)nc(-n2nc(C3CC3)cc2CCc2cc(NC3CCC(F)(F)CC3)nc(-n3nc(Br)cc3C)n2)n1. The second-order valence-electron chi connectivity index (χ2n) is 13.6. The predicted molar refractivity (Wildman–Crippen MR) is 177 cm³/mol. The Kier molecular flexibility index (Phi) is 8.92. The lowest BCUT2D eigenvalue weighted by Crippen LogP contribution is -2.32. The van der Waals surface area contributed by atoms with Crippen LogP contribution in [0.3, 0.4) is 0 Å². The van der Waals surface area contributed by atoms with E-state index in [0.717, 1.165) is 41.3 Å². The van der Waals surface area contributed by atoms with Gasteiger partial charge in [0.15, 0.2) is 0 Å². The monoisotopic (exact) mass is 730 g/mol. The molecule has 0 spiro atoms. The number of rotatable bonds is 10. The second kappa shape index (κ2) is 13.0. The van der Waals surface area contributed by atoms with E-state index in [2.05, 4.69) is 37.7 Å². The van der Waals surface area contributed by atoms with Gasteiger partial charge in [0.1, 0.15) is 16.2 Å². The quantitative estimate of drug-likeness (QED) is 0.160. The van der Waals surface area contributed by atoms with Crippen molar-refractivity contribution in [2.24, 2.45) is 0 Å². The molecule has 256 valence electrons. The molecule has 15 heteroatoms. The Balaban J connectivity index is 1.15. The molecule has 4 heterocycles. The smallest absolute Gasteiger partial charge is 0.252 e. The van der Waals surface area contributed by atoms with Crippen molar-refractivity contribution >= 4 is 27.6 Å². The van der Waals surface area contributed by atoms with E-state index in [9.17, 15) is 17.6 Å². The summed E-state index contributed by atoms with van der Waals surface area (Å²) in [6.45, 7) is 3.80. The number of hydrogen-bond acceptors (Lipinski definition) is 8. The summed E-state index contributed by atoms with van der Waals surface area (Å²) < 4.78 is 59.3. The minimum atomic E-state index is -2.62. The van der Waals surface area contributed by atoms with Crippen LogP contribution in [0.5, 0.6) is 0 Å². The highest BCUT2D eigenvalue weighted by Crippen LogP contribution is 2.40. The third-order valence-corrected chi connectivity index (χ3v) is 9.81. The Morgan fingerprint density at radius 1 is 0.708 bits per heavy atom. The zero-order chi connectivity index (χ0) is 33.6. The summed E-state index contributed by atoms with van der Waals surface area (Å²) in [6, 6.07) is 7.51. The Labute approximate surface area is 284 Å². The Morgan fingerprint density at radius 3 is 1.85 bits per heavy atom. The first-order chi connectivity index (χ1) is 22.9. The van der Waals surface area contributed by atoms with Crippen LogP contribution in [0.2, 0.25) is 0 Å². The summed E-state index contributed by atoms with van der Waals surface area (Å²) in [4.78, 5) is 19.1. The molecule has 4 aromatic rings. The van der Waals surface area contributed by atoms with Crippen LogP contribution in [0.4, 0.5) is 29.2 Å². The standard InChI is InChI=1S/C33H39BrF4N10/c1-19-15-28(40-22-7-11-32(35,36)12-8-22)43-30(39-19)48-25(18-26(45-48)21-3-4-21)6-5-24-17-29(41-23-9-13-33(37,38)14-10-23)44-31(42-24)47-20(2)16-27(34)46-47/h15-18,21-23H,3-14H2,1-2H3,(H,39,40,43)(H,41,42,44). The van der Waals surface area contributed by atoms with Gasteiger partial charge in [0, 0.05) is 78.6 Å². The largest absolute Gasteiger partial charge is 0.367 e. The summed E-state index contributed by atoms with van der Waals surface area (Å²) in [5, 5.41) is 16.2. The summed E-state index contributed by atoms with van der Waals surface area (Å²) in [5.74, 6) is -2.83. The van der Waals surface area contributed by atoms with Crippen LogP contribution in [0.25, 0.3) is 11.9 Å². The minimum Gasteiger partial charge on any atom is -0.367 e. The Hall–Kier alpha value is -3.62. The van der Waals surface area contributed by atoms with E-state index in [0.29, 0.717) is 72.6 Å². The number of alkyl halides is 4. The fourth-order valence-corrected chi connectivity index (χ4v) is 7.04. The van der Waals surface area contributed by atoms with Crippen molar-refractivity contribution in [2.45, 2.75) is 121 Å². The molecule has 0 aliphatic heterocycles. The van der Waals surface area contributed by atoms with Crippen molar-refractivity contribution in [1.29, 1.82) is 0 Å². The van der Waals surface area contributed by atoms with Gasteiger partial charge in [-0.1, -0.05) is 0 Å². The molecule has 10 nitrogen and oxygen atoms in total. The summed E-state index contributed by atoms with van der Waals surface area (Å²) in [6.07, 6.45) is 4.19. The molecule has 3 saturated carbocycles. The molecule has 0 aromatic carbocycles. The van der Waals surface area contributed by atoms with E-state index in [4.69, 9.17) is 25.0 Å². The molecule has 2 N–H and O–H groups in total. The van der Waals surface area contributed by atoms with Crippen molar-refractivity contribution in [3.8, 4) is 11.9 Å². The van der Waals surface area contributed by atoms with Gasteiger partial charge in [0.05, 0.1) is 5.69 Å². The van der Waals surface area contributed by atoms with Crippen LogP contribution in [0, 0.1) is 13.8 Å². The van der Waals surface area contributed by atoms with Crippen molar-refractivity contribution in [3.63, 3.8) is 0 Å². The van der Waals surface area contributed by atoms with Gasteiger partial charge in [-0.05, 0) is 93.3 Å². The molecule has 48 heavy (non-hydrogen) atoms. The lowest BCUT2D eigenvalue weighted by atomic mass is 9.92. The highest BCUT2D eigenvalue weighted by molar-refractivity contribution is 9.10. The van der Waals surface area contributed by atoms with Gasteiger partial charge in [-0.15, -0.1) is 0 Å². The number of aromatic nitrogens is 8. The molecule has 3 fully saturated rings. The highest BCUT2D eigenvalue weighted by Gasteiger charge is 2.36. The summed E-state index contributed by atoms with van der Waals surface area (Å²) in [7, 11) is 0. The topological polar surface area (TPSA) is 111 Å². The van der Waals surface area contributed by atoms with Crippen molar-refractivity contribution in [2.75, 3.05) is 10.6 Å². The molecule has 7 rings (SSSR count). The second-order valence-corrected chi connectivity index (χ2v) is 14.4. The number of nitrogens with zero attached hydrogens (tertiary/aromatic N) is 8. The Morgan fingerprint density at radius 2 is 1.29 bits per heavy atom. The van der Waals surface area contributed by atoms with Gasteiger partial charge in [0.2, 0.25) is 11.8 Å². The average Bonchev–Trinajstić information content (AvgIpc) is 3.70. The Bertz CT molecular complexity index is 1770. The van der Waals surface area contributed by atoms with Gasteiger partial charge in [0.25, 0.3) is 11.9 Å². The number of hydrogen-bond donors (Lipinski definition) is 2. The zero-order valence-corrected chi connectivity index (χ0v) is 28.6. The number of halogens is 5. The lowest BCUT2D eigenvalue weighted by Gasteiger charge is -2.29. The van der Waals surface area contributed by atoms with Gasteiger partial charge >= 0.3 is 0 Å². The van der Waals surface area contributed by atoms with Crippen LogP contribution in [-0.2, 0) is 12.8 Å². The first-order valence-corrected chi connectivity index (χ1v) is 17.5. The molecule has 0 bridgehead atoms. The fourth-order valence-electron chi connectivity index (χ4n) is 6.55. The molecule has 3 aliphatic rings. The van der Waals surface area contributed by atoms with Gasteiger partial charge in [-0.3, -0.25) is 0 Å². The van der Waals surface area contributed by atoms with Gasteiger partial charge in [-0.25, -0.2) is 36.9 Å². The minimum absolute atomic E-state index is 0.0789. The van der Waals surface area contributed by atoms with Crippen LogP contribution in [0.15, 0.2) is 28.9 Å². The van der Waals surface area contributed by atoms with E-state index >= 15 is 0 Å². The number of aryl methyl sites for hydroxylation is 4. The van der Waals surface area contributed by atoms with Crippen molar-refractivity contribution in [3.05, 3.63) is 57.3 Å². The molecular formula is C33H39BrF4N10. The molecular weight excluding hydrogens is 692 g/mol. The molecule has 0 atom stereocenters. The predicted octanol–water partition coefficient (Wildman–Crippen LogP) is 7.66. The van der Waals surface area contributed by atoms with Crippen molar-refractivity contribution < 1.29 is 17.6 Å². The number of anilines is 2. The maximum atomic E-state index is 13.8. The molecule has 3 aliphatic carbocycles. The average molecular weight is 732 g/mol. The lowest BCUT2D eigenvalue weighted by molar-refractivity contribution is -0.0366. The molecule has 0 unspecified atom stereocenters. The fraction of sp³-hybridized carbons (Fsp3) is 0.576. The van der Waals surface area contributed by atoms with E-state index in [1.165, 1.54) is 0 Å². The summed E-state index contributed by atoms with van der Waals surface area (Å²) in [5.41, 5.74) is 4.27. The maximum Gasteiger partial charge on any atom is 0.252 e. The normalized spacial score (nSPS) is 19.8. The third kappa shape index (κ3) is 7.81. The van der Waals surface area contributed by atoms with Gasteiger partial charge in [-0.2, -0.15) is 20.2 Å². The van der Waals surface area contributed by atoms with Crippen LogP contribution >= 0.6 is 15.9 Å². The van der Waals surface area contributed by atoms with E-state index < -0.39 is 11.8 Å². The molecule has 4 aromatic heterocycles. The van der Waals surface area contributed by atoms with Crippen LogP contribution in [-0.4, -0.2) is 63.4 Å². The third-order valence-electron chi connectivity index (χ3n) is 9.42. The van der Waals surface area contributed by atoms with Crippen LogP contribution < -0.4 is 10.6 Å². The molecule has 0 radical (unpaired) electrons. The van der Waals surface area contributed by atoms with Gasteiger partial charge < -0.3 is 10.6 Å². The molecule has 0 saturated heterocycles. The van der Waals surface area contributed by atoms with E-state index in [-0.39, 0.29) is 37.8 Å². The number of nitrogens with one attached hydrogen (secondary N) is 2. The van der Waals surface area contributed by atoms with E-state index in [1.54, 1.807) is 9.36 Å². The van der Waals surface area contributed by atoms with Crippen LogP contribution in [0.1, 0.15) is 98.6 Å². The zero-order valence-electron chi connectivity index (χ0n) is 27.0. The molecule has 0 amide bonds.